The Hall–Kier alpha value is -2.55. The van der Waals surface area contributed by atoms with Crippen molar-refractivity contribution in [2.75, 3.05) is 44.4 Å². The molecule has 0 aliphatic carbocycles. The molecule has 0 radical (unpaired) electrons. The maximum atomic E-state index is 14.1. The van der Waals surface area contributed by atoms with E-state index >= 15 is 0 Å². The van der Waals surface area contributed by atoms with E-state index in [9.17, 15) is 22.4 Å². The second kappa shape index (κ2) is 10.5. The molecule has 0 saturated carbocycles. The number of rotatable bonds is 7. The van der Waals surface area contributed by atoms with Gasteiger partial charge in [-0.2, -0.15) is 13.2 Å². The van der Waals surface area contributed by atoms with Crippen LogP contribution in [0, 0.1) is 5.82 Å². The quantitative estimate of drug-likeness (QED) is 0.366. The molecule has 4 atom stereocenters. The van der Waals surface area contributed by atoms with E-state index in [2.05, 4.69) is 15.1 Å². The topological polar surface area (TPSA) is 86.3 Å². The summed E-state index contributed by atoms with van der Waals surface area (Å²) in [5.41, 5.74) is 1.25. The Balaban J connectivity index is 1.09. The molecule has 5 heterocycles. The van der Waals surface area contributed by atoms with Crippen LogP contribution in [0.25, 0.3) is 0 Å². The Kier molecular flexibility index (Phi) is 7.14. The van der Waals surface area contributed by atoms with E-state index in [1.54, 1.807) is 12.1 Å². The first-order valence-corrected chi connectivity index (χ1v) is 13.8. The van der Waals surface area contributed by atoms with E-state index in [4.69, 9.17) is 18.9 Å². The largest absolute Gasteiger partial charge is 0.491 e. The first kappa shape index (κ1) is 26.7. The van der Waals surface area contributed by atoms with Crippen molar-refractivity contribution in [1.82, 2.24) is 15.1 Å². The van der Waals surface area contributed by atoms with Gasteiger partial charge in [-0.15, -0.1) is 10.2 Å². The first-order valence-electron chi connectivity index (χ1n) is 12.9. The molecule has 39 heavy (non-hydrogen) atoms. The molecule has 4 aliphatic rings. The smallest absolute Gasteiger partial charge is 0.491 e. The van der Waals surface area contributed by atoms with E-state index < -0.39 is 24.0 Å². The van der Waals surface area contributed by atoms with E-state index in [-0.39, 0.29) is 30.4 Å². The minimum Gasteiger partial charge on any atom is -0.491 e. The van der Waals surface area contributed by atoms with Gasteiger partial charge in [-0.25, -0.2) is 9.18 Å². The number of hydrogen-bond donors (Lipinski definition) is 0. The number of likely N-dealkylation sites (tertiary alicyclic amines) is 1. The molecule has 2 aromatic rings. The van der Waals surface area contributed by atoms with Gasteiger partial charge in [-0.1, -0.05) is 11.3 Å². The molecule has 9 nitrogen and oxygen atoms in total. The number of aromatic nitrogens is 2. The summed E-state index contributed by atoms with van der Waals surface area (Å²) in [7, 11) is 0. The van der Waals surface area contributed by atoms with E-state index in [0.29, 0.717) is 43.6 Å². The lowest BCUT2D eigenvalue weighted by atomic mass is 9.85. The van der Waals surface area contributed by atoms with Crippen molar-refractivity contribution in [1.29, 1.82) is 0 Å². The van der Waals surface area contributed by atoms with E-state index in [1.165, 1.54) is 16.5 Å². The highest BCUT2D eigenvalue weighted by Crippen LogP contribution is 2.47. The molecule has 1 aromatic carbocycles. The molecular weight excluding hydrogens is 544 g/mol. The number of carbonyl (C=O) groups excluding carboxylic acids is 1. The Morgan fingerprint density at radius 2 is 2.03 bits per heavy atom. The zero-order chi connectivity index (χ0) is 27.2. The number of piperidine rings is 1. The van der Waals surface area contributed by atoms with Crippen LogP contribution in [-0.2, 0) is 19.0 Å². The molecule has 0 amide bonds. The van der Waals surface area contributed by atoms with Crippen molar-refractivity contribution < 1.29 is 41.3 Å². The Morgan fingerprint density at radius 3 is 2.69 bits per heavy atom. The summed E-state index contributed by atoms with van der Waals surface area (Å²) in [5.74, 6) is -1.78. The number of nitrogens with zero attached hydrogens (tertiary/aromatic N) is 4. The number of alkyl halides is 3. The van der Waals surface area contributed by atoms with Crippen molar-refractivity contribution >= 4 is 22.4 Å². The van der Waals surface area contributed by atoms with Gasteiger partial charge in [0.1, 0.15) is 29.3 Å². The molecule has 4 saturated heterocycles. The van der Waals surface area contributed by atoms with Crippen LogP contribution in [0.4, 0.5) is 22.7 Å². The predicted octanol–water partition coefficient (Wildman–Crippen LogP) is 3.50. The van der Waals surface area contributed by atoms with Gasteiger partial charge in [0.15, 0.2) is 0 Å². The van der Waals surface area contributed by atoms with E-state index in [0.717, 1.165) is 42.8 Å². The fraction of sp³-hybridized carbons (Fsp3) is 0.640. The van der Waals surface area contributed by atoms with Crippen molar-refractivity contribution in [3.05, 3.63) is 35.1 Å². The zero-order valence-electron chi connectivity index (χ0n) is 20.9. The second-order valence-corrected chi connectivity index (χ2v) is 11.2. The fourth-order valence-corrected chi connectivity index (χ4v) is 6.44. The minimum absolute atomic E-state index is 0.0476. The maximum Gasteiger partial charge on any atom is 0.491 e. The van der Waals surface area contributed by atoms with Gasteiger partial charge < -0.3 is 23.8 Å². The van der Waals surface area contributed by atoms with Gasteiger partial charge in [-0.3, -0.25) is 4.90 Å². The number of ether oxygens (including phenoxy) is 4. The average Bonchev–Trinajstić information content (AvgIpc) is 3.57. The predicted molar refractivity (Wildman–Crippen MR) is 130 cm³/mol. The van der Waals surface area contributed by atoms with Crippen LogP contribution in [-0.4, -0.2) is 90.7 Å². The molecule has 1 aromatic heterocycles. The van der Waals surface area contributed by atoms with Gasteiger partial charge >= 0.3 is 12.1 Å². The van der Waals surface area contributed by atoms with Gasteiger partial charge in [0.2, 0.25) is 11.4 Å². The molecular formula is C25H28F4N4O5S. The number of carbonyl (C=O) groups is 1. The monoisotopic (exact) mass is 572 g/mol. The summed E-state index contributed by atoms with van der Waals surface area (Å²) in [5, 5.41) is 8.02. The molecule has 0 bridgehead atoms. The van der Waals surface area contributed by atoms with Crippen LogP contribution >= 0.6 is 11.3 Å². The number of esters is 1. The SMILES string of the molecule is O=C(OC1N(c2nncs2)CC12C[C@H](N1CCC(c3cc(F)ccc3OC[C@H]3CCO3)CC1)CO2)C(F)(F)F. The lowest BCUT2D eigenvalue weighted by Gasteiger charge is -2.53. The molecule has 212 valence electrons. The standard InChI is InChI=1S/C25H28F4N4O5S/c26-16-1-2-20(36-12-18-5-8-35-18)19(9-16)15-3-6-32(7-4-15)17-10-24(37-11-17)13-33(23-31-30-14-39-23)21(24)38-22(34)25(27,28)29/h1-2,9,14-15,17-18,21H,3-8,10-13H2/t17-,18+,21?,24?/m0/s1. The lowest BCUT2D eigenvalue weighted by Crippen LogP contribution is -2.72. The Labute approximate surface area is 226 Å². The molecule has 14 heteroatoms. The highest BCUT2D eigenvalue weighted by Gasteiger charge is 2.63. The third kappa shape index (κ3) is 5.31. The number of halogens is 4. The summed E-state index contributed by atoms with van der Waals surface area (Å²) in [6, 6.07) is 4.57. The Bertz CT molecular complexity index is 1180. The third-order valence-corrected chi connectivity index (χ3v) is 8.76. The maximum absolute atomic E-state index is 14.1. The van der Waals surface area contributed by atoms with Crippen LogP contribution in [0.3, 0.4) is 0 Å². The summed E-state index contributed by atoms with van der Waals surface area (Å²) in [4.78, 5) is 15.5. The van der Waals surface area contributed by atoms with Crippen LogP contribution in [0.1, 0.15) is 37.2 Å². The molecule has 6 rings (SSSR count). The lowest BCUT2D eigenvalue weighted by molar-refractivity contribution is -0.225. The van der Waals surface area contributed by atoms with Crippen LogP contribution < -0.4 is 9.64 Å². The summed E-state index contributed by atoms with van der Waals surface area (Å²) in [6.45, 7) is 3.16. The van der Waals surface area contributed by atoms with Crippen LogP contribution in [0.5, 0.6) is 5.75 Å². The molecule has 4 aliphatic heterocycles. The second-order valence-electron chi connectivity index (χ2n) is 10.4. The van der Waals surface area contributed by atoms with Crippen molar-refractivity contribution in [2.45, 2.75) is 61.8 Å². The van der Waals surface area contributed by atoms with Gasteiger partial charge in [0.25, 0.3) is 0 Å². The summed E-state index contributed by atoms with van der Waals surface area (Å²) in [6.07, 6.45) is -3.37. The minimum atomic E-state index is -5.12. The summed E-state index contributed by atoms with van der Waals surface area (Å²) < 4.78 is 75.6. The molecule has 4 fully saturated rings. The van der Waals surface area contributed by atoms with Gasteiger partial charge in [-0.05, 0) is 50.0 Å². The molecule has 0 N–H and O–H groups in total. The molecule has 1 spiro atoms. The zero-order valence-corrected chi connectivity index (χ0v) is 21.8. The van der Waals surface area contributed by atoms with Crippen molar-refractivity contribution in [3.63, 3.8) is 0 Å². The van der Waals surface area contributed by atoms with E-state index in [1.807, 2.05) is 0 Å². The Morgan fingerprint density at radius 1 is 1.23 bits per heavy atom. The first-order chi connectivity index (χ1) is 18.7. The molecule has 2 unspecified atom stereocenters. The van der Waals surface area contributed by atoms with Crippen LogP contribution in [0.15, 0.2) is 23.7 Å². The van der Waals surface area contributed by atoms with Crippen molar-refractivity contribution in [3.8, 4) is 5.75 Å². The summed E-state index contributed by atoms with van der Waals surface area (Å²) >= 11 is 1.15. The van der Waals surface area contributed by atoms with Crippen molar-refractivity contribution in [2.24, 2.45) is 0 Å². The average molecular weight is 573 g/mol. The highest BCUT2D eigenvalue weighted by atomic mass is 32.1. The fourth-order valence-electron chi connectivity index (χ4n) is 5.86. The van der Waals surface area contributed by atoms with Gasteiger partial charge in [0, 0.05) is 31.1 Å². The normalized spacial score (nSPS) is 29.7. The van der Waals surface area contributed by atoms with Gasteiger partial charge in [0.05, 0.1) is 19.3 Å². The third-order valence-electron chi connectivity index (χ3n) is 8.04. The highest BCUT2D eigenvalue weighted by molar-refractivity contribution is 7.13. The van der Waals surface area contributed by atoms with Crippen LogP contribution in [0.2, 0.25) is 0 Å². The number of benzene rings is 1. The number of anilines is 1. The number of hydrogen-bond acceptors (Lipinski definition) is 10.